The van der Waals surface area contributed by atoms with Gasteiger partial charge in [0.1, 0.15) is 0 Å². The third-order valence-electron chi connectivity index (χ3n) is 10.5. The van der Waals surface area contributed by atoms with Crippen molar-refractivity contribution in [1.82, 2.24) is 0 Å². The first-order valence-corrected chi connectivity index (χ1v) is 16.9. The molecular weight excluding hydrogens is 577 g/mol. The summed E-state index contributed by atoms with van der Waals surface area (Å²) in [5.41, 5.74) is 7.61. The standard InChI is InChI=1S/C48H32/c1-29-19-23-32(24-20-29)42-43(33-25-21-30(2)22-26-33)46-40-18-10-7-15-37(40)41-28-27-31-11-3-4-12-34(31)44(41)48(46)47-39-17-9-6-14-36(39)35-13-5-8-16-38(35)45(42)47/h3-28H,1-2H3. The molecule has 0 unspecified atom stereocenters. The second kappa shape index (κ2) is 10.3. The molecule has 48 heavy (non-hydrogen) atoms. The van der Waals surface area contributed by atoms with E-state index in [9.17, 15) is 0 Å². The summed E-state index contributed by atoms with van der Waals surface area (Å²) in [4.78, 5) is 0. The van der Waals surface area contributed by atoms with Crippen LogP contribution in [0.3, 0.4) is 0 Å². The van der Waals surface area contributed by atoms with E-state index in [1.807, 2.05) is 0 Å². The Balaban J connectivity index is 1.67. The van der Waals surface area contributed by atoms with Crippen LogP contribution in [0.15, 0.2) is 158 Å². The summed E-state index contributed by atoms with van der Waals surface area (Å²) in [5, 5.41) is 18.2. The van der Waals surface area contributed by atoms with Crippen molar-refractivity contribution < 1.29 is 0 Å². The van der Waals surface area contributed by atoms with Crippen LogP contribution in [0.4, 0.5) is 0 Å². The van der Waals surface area contributed by atoms with Crippen LogP contribution in [0.1, 0.15) is 11.1 Å². The van der Waals surface area contributed by atoms with Crippen LogP contribution in [0, 0.1) is 13.8 Å². The van der Waals surface area contributed by atoms with Crippen molar-refractivity contribution in [2.45, 2.75) is 13.8 Å². The minimum atomic E-state index is 1.24. The Morgan fingerprint density at radius 3 is 1.15 bits per heavy atom. The van der Waals surface area contributed by atoms with Crippen molar-refractivity contribution in [2.75, 3.05) is 0 Å². The molecule has 0 spiro atoms. The normalized spacial score (nSPS) is 12.0. The Hall–Kier alpha value is -5.98. The molecule has 0 aromatic heterocycles. The van der Waals surface area contributed by atoms with Crippen LogP contribution in [0.25, 0.3) is 97.7 Å². The van der Waals surface area contributed by atoms with Crippen molar-refractivity contribution in [2.24, 2.45) is 0 Å². The fourth-order valence-electron chi connectivity index (χ4n) is 8.40. The Morgan fingerprint density at radius 2 is 0.625 bits per heavy atom. The first kappa shape index (κ1) is 27.2. The second-order valence-electron chi connectivity index (χ2n) is 13.3. The lowest BCUT2D eigenvalue weighted by atomic mass is 9.78. The molecule has 0 aliphatic rings. The predicted octanol–water partition coefficient (Wildman–Crippen LogP) is 13.7. The fourth-order valence-corrected chi connectivity index (χ4v) is 8.40. The van der Waals surface area contributed by atoms with E-state index in [2.05, 4.69) is 172 Å². The maximum absolute atomic E-state index is 2.36. The van der Waals surface area contributed by atoms with E-state index in [0.717, 1.165) is 0 Å². The lowest BCUT2D eigenvalue weighted by Crippen LogP contribution is -1.96. The first-order valence-electron chi connectivity index (χ1n) is 16.9. The van der Waals surface area contributed by atoms with Gasteiger partial charge in [0, 0.05) is 0 Å². The summed E-state index contributed by atoms with van der Waals surface area (Å²) in [7, 11) is 0. The largest absolute Gasteiger partial charge is 0.0616 e. The highest BCUT2D eigenvalue weighted by molar-refractivity contribution is 6.46. The van der Waals surface area contributed by atoms with Gasteiger partial charge in [-0.2, -0.15) is 0 Å². The van der Waals surface area contributed by atoms with E-state index < -0.39 is 0 Å². The maximum atomic E-state index is 2.36. The Labute approximate surface area is 279 Å². The van der Waals surface area contributed by atoms with Crippen molar-refractivity contribution in [1.29, 1.82) is 0 Å². The third-order valence-corrected chi connectivity index (χ3v) is 10.5. The zero-order valence-electron chi connectivity index (χ0n) is 27.0. The van der Waals surface area contributed by atoms with E-state index in [0.29, 0.717) is 0 Å². The molecule has 0 heteroatoms. The number of hydrogen-bond acceptors (Lipinski definition) is 0. The molecule has 10 aromatic rings. The molecule has 0 aliphatic carbocycles. The highest BCUT2D eigenvalue weighted by Crippen LogP contribution is 2.54. The average Bonchev–Trinajstić information content (AvgIpc) is 3.14. The molecule has 0 N–H and O–H groups in total. The van der Waals surface area contributed by atoms with E-state index in [1.54, 1.807) is 0 Å². The van der Waals surface area contributed by atoms with Crippen molar-refractivity contribution in [3.05, 3.63) is 169 Å². The monoisotopic (exact) mass is 608 g/mol. The van der Waals surface area contributed by atoms with Gasteiger partial charge in [0.2, 0.25) is 0 Å². The summed E-state index contributed by atoms with van der Waals surface area (Å²) in [6, 6.07) is 59.1. The predicted molar refractivity (Wildman–Crippen MR) is 209 cm³/mol. The number of aryl methyl sites for hydroxylation is 2. The van der Waals surface area contributed by atoms with Gasteiger partial charge in [-0.25, -0.2) is 0 Å². The summed E-state index contributed by atoms with van der Waals surface area (Å²) >= 11 is 0. The summed E-state index contributed by atoms with van der Waals surface area (Å²) in [5.74, 6) is 0. The molecule has 10 aromatic carbocycles. The van der Waals surface area contributed by atoms with E-state index in [-0.39, 0.29) is 0 Å². The smallest absolute Gasteiger partial charge is 0.0000937 e. The van der Waals surface area contributed by atoms with E-state index in [4.69, 9.17) is 0 Å². The molecule has 0 saturated carbocycles. The Morgan fingerprint density at radius 1 is 0.250 bits per heavy atom. The molecule has 224 valence electrons. The number of rotatable bonds is 2. The Bertz CT molecular complexity index is 2930. The number of hydrogen-bond donors (Lipinski definition) is 0. The molecule has 0 amide bonds. The summed E-state index contributed by atoms with van der Waals surface area (Å²) < 4.78 is 0. The first-order chi connectivity index (χ1) is 23.7. The van der Waals surface area contributed by atoms with E-state index >= 15 is 0 Å². The highest BCUT2D eigenvalue weighted by Gasteiger charge is 2.25. The van der Waals surface area contributed by atoms with Gasteiger partial charge in [0.25, 0.3) is 0 Å². The van der Waals surface area contributed by atoms with Crippen LogP contribution in [-0.2, 0) is 0 Å². The van der Waals surface area contributed by atoms with Gasteiger partial charge in [0.05, 0.1) is 0 Å². The molecule has 0 nitrogen and oxygen atoms in total. The lowest BCUT2D eigenvalue weighted by molar-refractivity contribution is 1.46. The van der Waals surface area contributed by atoms with Gasteiger partial charge >= 0.3 is 0 Å². The van der Waals surface area contributed by atoms with Crippen LogP contribution in [0.5, 0.6) is 0 Å². The van der Waals surface area contributed by atoms with Gasteiger partial charge in [-0.15, -0.1) is 0 Å². The van der Waals surface area contributed by atoms with Gasteiger partial charge in [-0.05, 0) is 112 Å². The zero-order chi connectivity index (χ0) is 31.9. The number of fused-ring (bicyclic) bond motifs is 15. The molecule has 0 aliphatic heterocycles. The molecule has 0 bridgehead atoms. The Kier molecular flexibility index (Phi) is 5.81. The highest BCUT2D eigenvalue weighted by atomic mass is 14.3. The quantitative estimate of drug-likeness (QED) is 0.171. The van der Waals surface area contributed by atoms with Crippen LogP contribution in [-0.4, -0.2) is 0 Å². The van der Waals surface area contributed by atoms with Crippen molar-refractivity contribution >= 4 is 75.4 Å². The molecule has 0 radical (unpaired) electrons. The van der Waals surface area contributed by atoms with Crippen molar-refractivity contribution in [3.8, 4) is 22.3 Å². The SMILES string of the molecule is Cc1ccc(-c2c(-c3ccc(C)cc3)c3c4ccccc4c4ccc5ccccc5c4c3c3c4ccccc4c4ccccc4c23)cc1. The zero-order valence-corrected chi connectivity index (χ0v) is 27.0. The van der Waals surface area contributed by atoms with Crippen LogP contribution >= 0.6 is 0 Å². The van der Waals surface area contributed by atoms with Crippen molar-refractivity contribution in [3.63, 3.8) is 0 Å². The minimum Gasteiger partial charge on any atom is -0.0616 e. The van der Waals surface area contributed by atoms with Crippen LogP contribution < -0.4 is 0 Å². The van der Waals surface area contributed by atoms with Gasteiger partial charge in [-0.1, -0.05) is 169 Å². The van der Waals surface area contributed by atoms with Gasteiger partial charge in [0.15, 0.2) is 0 Å². The third kappa shape index (κ3) is 3.78. The molecular formula is C48H32. The number of benzene rings is 10. The fraction of sp³-hybridized carbons (Fsp3) is 0.0417. The summed E-state index contributed by atoms with van der Waals surface area (Å²) in [6.45, 7) is 4.36. The minimum absolute atomic E-state index is 1.24. The molecule has 0 heterocycles. The molecule has 0 saturated heterocycles. The van der Waals surface area contributed by atoms with E-state index in [1.165, 1.54) is 109 Å². The van der Waals surface area contributed by atoms with Crippen LogP contribution in [0.2, 0.25) is 0 Å². The maximum Gasteiger partial charge on any atom is -0.0000937 e. The topological polar surface area (TPSA) is 0 Å². The second-order valence-corrected chi connectivity index (χ2v) is 13.3. The molecule has 0 fully saturated rings. The molecule has 10 rings (SSSR count). The van der Waals surface area contributed by atoms with Gasteiger partial charge in [-0.3, -0.25) is 0 Å². The van der Waals surface area contributed by atoms with Gasteiger partial charge < -0.3 is 0 Å². The molecule has 0 atom stereocenters. The average molecular weight is 609 g/mol. The lowest BCUT2D eigenvalue weighted by Gasteiger charge is -2.25. The summed E-state index contributed by atoms with van der Waals surface area (Å²) in [6.07, 6.45) is 0.